The van der Waals surface area contributed by atoms with E-state index >= 15 is 0 Å². The zero-order valence-electron chi connectivity index (χ0n) is 22.8. The van der Waals surface area contributed by atoms with Crippen molar-refractivity contribution in [2.45, 2.75) is 17.9 Å². The molecule has 2 aliphatic rings. The molecule has 0 radical (unpaired) electrons. The fourth-order valence-electron chi connectivity index (χ4n) is 5.01. The Morgan fingerprint density at radius 2 is 1.67 bits per heavy atom. The van der Waals surface area contributed by atoms with Gasteiger partial charge in [-0.15, -0.1) is 0 Å². The molecule has 2 saturated heterocycles. The molecule has 11 heteroatoms. The Bertz CT molecular complexity index is 1770. The van der Waals surface area contributed by atoms with Crippen LogP contribution in [0.3, 0.4) is 0 Å². The molecule has 2 aliphatic heterocycles. The number of amides is 1. The van der Waals surface area contributed by atoms with Crippen LogP contribution >= 0.6 is 24.0 Å². The summed E-state index contributed by atoms with van der Waals surface area (Å²) in [5.74, 6) is -0.177. The lowest BCUT2D eigenvalue weighted by Crippen LogP contribution is -2.40. The van der Waals surface area contributed by atoms with Gasteiger partial charge < -0.3 is 4.74 Å². The number of rotatable bonds is 7. The van der Waals surface area contributed by atoms with Crippen molar-refractivity contribution in [1.82, 2.24) is 19.0 Å². The largest absolute Gasteiger partial charge is 0.379 e. The van der Waals surface area contributed by atoms with Crippen molar-refractivity contribution in [1.29, 1.82) is 0 Å². The first-order valence-electron chi connectivity index (χ1n) is 13.5. The Morgan fingerprint density at radius 1 is 0.976 bits per heavy atom. The number of aromatic nitrogens is 2. The molecule has 3 aromatic carbocycles. The van der Waals surface area contributed by atoms with E-state index in [0.29, 0.717) is 52.3 Å². The Morgan fingerprint density at radius 3 is 2.38 bits per heavy atom. The van der Waals surface area contributed by atoms with Gasteiger partial charge in [0.05, 0.1) is 34.7 Å². The van der Waals surface area contributed by atoms with Crippen molar-refractivity contribution < 1.29 is 17.9 Å². The average Bonchev–Trinajstić information content (AvgIpc) is 3.58. The number of thiocarbonyl (C=S) groups is 1. The maximum atomic E-state index is 13.6. The van der Waals surface area contributed by atoms with Gasteiger partial charge in [-0.05, 0) is 42.8 Å². The lowest BCUT2D eigenvalue weighted by atomic mass is 10.1. The number of thioether (sulfide) groups is 1. The molecule has 0 N–H and O–H groups in total. The number of carbonyl (C=O) groups is 1. The summed E-state index contributed by atoms with van der Waals surface area (Å²) in [6.45, 7) is 3.31. The van der Waals surface area contributed by atoms with E-state index in [9.17, 15) is 13.2 Å². The van der Waals surface area contributed by atoms with Gasteiger partial charge in [0.2, 0.25) is 10.0 Å². The van der Waals surface area contributed by atoms with Crippen LogP contribution in [0.25, 0.3) is 23.0 Å². The quantitative estimate of drug-likeness (QED) is 0.200. The minimum Gasteiger partial charge on any atom is -0.379 e. The highest BCUT2D eigenvalue weighted by atomic mass is 32.2. The van der Waals surface area contributed by atoms with Gasteiger partial charge in [0.25, 0.3) is 5.91 Å². The van der Waals surface area contributed by atoms with Gasteiger partial charge in [0, 0.05) is 30.4 Å². The van der Waals surface area contributed by atoms with Crippen LogP contribution in [0, 0.1) is 0 Å². The lowest BCUT2D eigenvalue weighted by Gasteiger charge is -2.26. The molecule has 8 nitrogen and oxygen atoms in total. The van der Waals surface area contributed by atoms with Crippen LogP contribution in [0.5, 0.6) is 0 Å². The summed E-state index contributed by atoms with van der Waals surface area (Å²) in [4.78, 5) is 15.9. The Labute approximate surface area is 254 Å². The van der Waals surface area contributed by atoms with E-state index in [2.05, 4.69) is 0 Å². The van der Waals surface area contributed by atoms with E-state index < -0.39 is 10.0 Å². The van der Waals surface area contributed by atoms with Crippen LogP contribution in [0.1, 0.15) is 24.1 Å². The molecule has 0 aliphatic carbocycles. The topological polar surface area (TPSA) is 84.7 Å². The summed E-state index contributed by atoms with van der Waals surface area (Å²) in [5, 5.41) is 4.85. The van der Waals surface area contributed by atoms with Crippen molar-refractivity contribution in [2.75, 3.05) is 26.3 Å². The molecule has 3 heterocycles. The molecule has 6 rings (SSSR count). The number of para-hydroxylation sites is 1. The fraction of sp³-hybridized carbons (Fsp3) is 0.194. The third kappa shape index (κ3) is 5.58. The second-order valence-corrected chi connectivity index (χ2v) is 13.5. The van der Waals surface area contributed by atoms with Gasteiger partial charge >= 0.3 is 0 Å². The molecule has 4 aromatic rings. The summed E-state index contributed by atoms with van der Waals surface area (Å²) >= 11 is 6.89. The summed E-state index contributed by atoms with van der Waals surface area (Å²) in [6, 6.07) is 26.0. The molecule has 0 spiro atoms. The van der Waals surface area contributed by atoms with Crippen LogP contribution in [0.4, 0.5) is 0 Å². The number of nitrogens with zero attached hydrogens (tertiary/aromatic N) is 4. The number of morpholine rings is 1. The number of carbonyl (C=O) groups excluding carboxylic acids is 1. The van der Waals surface area contributed by atoms with E-state index in [-0.39, 0.29) is 16.8 Å². The second-order valence-electron chi connectivity index (χ2n) is 9.90. The van der Waals surface area contributed by atoms with Gasteiger partial charge in [-0.1, -0.05) is 84.6 Å². The van der Waals surface area contributed by atoms with Crippen LogP contribution in [-0.4, -0.2) is 63.9 Å². The highest BCUT2D eigenvalue weighted by Gasteiger charge is 2.36. The molecule has 2 fully saturated rings. The molecule has 0 bridgehead atoms. The second kappa shape index (κ2) is 11.9. The normalized spacial score (nSPS) is 18.1. The Hall–Kier alpha value is -3.61. The number of hydrogen-bond acceptors (Lipinski definition) is 7. The highest BCUT2D eigenvalue weighted by molar-refractivity contribution is 8.26. The van der Waals surface area contributed by atoms with Crippen molar-refractivity contribution in [2.24, 2.45) is 0 Å². The van der Waals surface area contributed by atoms with Crippen LogP contribution in [0.15, 0.2) is 101 Å². The zero-order valence-corrected chi connectivity index (χ0v) is 25.2. The lowest BCUT2D eigenvalue weighted by molar-refractivity contribution is -0.123. The molecular formula is C31H28N4O4S3. The smallest absolute Gasteiger partial charge is 0.266 e. The van der Waals surface area contributed by atoms with Gasteiger partial charge in [0.1, 0.15) is 10.0 Å². The minimum absolute atomic E-state index is 0.177. The van der Waals surface area contributed by atoms with Crippen molar-refractivity contribution >= 4 is 50.3 Å². The maximum Gasteiger partial charge on any atom is 0.266 e. The first-order valence-corrected chi connectivity index (χ1v) is 16.1. The van der Waals surface area contributed by atoms with Crippen LogP contribution in [0.2, 0.25) is 0 Å². The Balaban J connectivity index is 1.40. The number of benzene rings is 3. The highest BCUT2D eigenvalue weighted by Crippen LogP contribution is 2.39. The average molecular weight is 617 g/mol. The van der Waals surface area contributed by atoms with Gasteiger partial charge in [-0.25, -0.2) is 13.1 Å². The predicted molar refractivity (Wildman–Crippen MR) is 168 cm³/mol. The summed E-state index contributed by atoms with van der Waals surface area (Å²) in [7, 11) is -3.71. The van der Waals surface area contributed by atoms with E-state index in [1.165, 1.54) is 16.1 Å². The van der Waals surface area contributed by atoms with E-state index in [4.69, 9.17) is 22.1 Å². The summed E-state index contributed by atoms with van der Waals surface area (Å²) in [5.41, 5.74) is 3.68. The third-order valence-corrected chi connectivity index (χ3v) is 10.5. The molecule has 1 atom stereocenters. The molecule has 214 valence electrons. The first kappa shape index (κ1) is 28.5. The molecule has 1 aromatic heterocycles. The third-order valence-electron chi connectivity index (χ3n) is 7.26. The SMILES string of the molecule is CC(c1ccccc1)N1C(=O)/C(=C/c2cn(-c3ccccc3)nc2-c2cccc(S(=O)(=O)N3CCOCC3)c2)SC1=S. The van der Waals surface area contributed by atoms with Crippen molar-refractivity contribution in [3.8, 4) is 16.9 Å². The van der Waals surface area contributed by atoms with Gasteiger partial charge in [0.15, 0.2) is 0 Å². The standard InChI is InChI=1S/C31H28N4O4S3/c1-22(23-9-4-2-5-10-23)35-30(36)28(41-31(35)40)20-25-21-34(26-12-6-3-7-13-26)32-29(25)24-11-8-14-27(19-24)42(37,38)33-15-17-39-18-16-33/h2-14,19-22H,15-18H2,1H3/b28-20-. The van der Waals surface area contributed by atoms with E-state index in [1.807, 2.05) is 79.9 Å². The Kier molecular flexibility index (Phi) is 8.11. The number of ether oxygens (including phenoxy) is 1. The molecule has 0 saturated carbocycles. The van der Waals surface area contributed by atoms with Gasteiger partial charge in [-0.2, -0.15) is 9.40 Å². The fourth-order valence-corrected chi connectivity index (χ4v) is 7.87. The van der Waals surface area contributed by atoms with E-state index in [1.54, 1.807) is 33.9 Å². The zero-order chi connectivity index (χ0) is 29.3. The summed E-state index contributed by atoms with van der Waals surface area (Å²) in [6.07, 6.45) is 3.64. The van der Waals surface area contributed by atoms with Gasteiger partial charge in [-0.3, -0.25) is 9.69 Å². The summed E-state index contributed by atoms with van der Waals surface area (Å²) < 4.78 is 35.8. The number of hydrogen-bond donors (Lipinski definition) is 0. The molecule has 1 unspecified atom stereocenters. The predicted octanol–water partition coefficient (Wildman–Crippen LogP) is 5.52. The molecule has 1 amide bonds. The number of sulfonamides is 1. The van der Waals surface area contributed by atoms with E-state index in [0.717, 1.165) is 11.3 Å². The maximum absolute atomic E-state index is 13.6. The minimum atomic E-state index is -3.71. The monoisotopic (exact) mass is 616 g/mol. The van der Waals surface area contributed by atoms with Crippen molar-refractivity contribution in [3.63, 3.8) is 0 Å². The first-order chi connectivity index (χ1) is 20.3. The molecular weight excluding hydrogens is 589 g/mol. The van der Waals surface area contributed by atoms with Crippen molar-refractivity contribution in [3.05, 3.63) is 107 Å². The molecule has 42 heavy (non-hydrogen) atoms. The van der Waals surface area contributed by atoms with Crippen LogP contribution < -0.4 is 0 Å². The van der Waals surface area contributed by atoms with Crippen LogP contribution in [-0.2, 0) is 19.6 Å².